The summed E-state index contributed by atoms with van der Waals surface area (Å²) in [4.78, 5) is 25.4. The summed E-state index contributed by atoms with van der Waals surface area (Å²) in [6, 6.07) is 7.88. The molecular weight excluding hydrogens is 278 g/mol. The van der Waals surface area contributed by atoms with E-state index in [4.69, 9.17) is 0 Å². The molecule has 22 heavy (non-hydrogen) atoms. The standard InChI is InChI=1S/C17H27N3O2/c1-13-6-8-14(9-7-13)12-20(5)11-10-15(21)18-16(22)19-17(2,3)4/h6-9H,10-12H2,1-5H3,(H2,18,19,21,22). The van der Waals surface area contributed by atoms with Gasteiger partial charge in [-0.3, -0.25) is 10.1 Å². The van der Waals surface area contributed by atoms with E-state index in [9.17, 15) is 9.59 Å². The molecule has 0 saturated carbocycles. The van der Waals surface area contributed by atoms with Gasteiger partial charge in [0.1, 0.15) is 0 Å². The largest absolute Gasteiger partial charge is 0.333 e. The summed E-state index contributed by atoms with van der Waals surface area (Å²) in [6.07, 6.45) is 0.292. The highest BCUT2D eigenvalue weighted by molar-refractivity contribution is 5.94. The predicted octanol–water partition coefficient (Wildman–Crippen LogP) is 2.44. The number of carbonyl (C=O) groups is 2. The van der Waals surface area contributed by atoms with Gasteiger partial charge in [0.2, 0.25) is 5.91 Å². The van der Waals surface area contributed by atoms with Crippen LogP contribution in [0.1, 0.15) is 38.3 Å². The summed E-state index contributed by atoms with van der Waals surface area (Å²) in [6.45, 7) is 9.04. The Morgan fingerprint density at radius 2 is 1.73 bits per heavy atom. The van der Waals surface area contributed by atoms with Crippen LogP contribution in [0.2, 0.25) is 0 Å². The van der Waals surface area contributed by atoms with Gasteiger partial charge in [-0.05, 0) is 40.3 Å². The van der Waals surface area contributed by atoms with Crippen LogP contribution >= 0.6 is 0 Å². The fourth-order valence-corrected chi connectivity index (χ4v) is 1.94. The van der Waals surface area contributed by atoms with Gasteiger partial charge in [-0.25, -0.2) is 4.79 Å². The van der Waals surface area contributed by atoms with Crippen molar-refractivity contribution in [1.82, 2.24) is 15.5 Å². The van der Waals surface area contributed by atoms with Gasteiger partial charge < -0.3 is 10.2 Å². The number of nitrogens with one attached hydrogen (secondary N) is 2. The zero-order valence-corrected chi connectivity index (χ0v) is 14.2. The first-order valence-corrected chi connectivity index (χ1v) is 7.52. The Balaban J connectivity index is 2.31. The van der Waals surface area contributed by atoms with Crippen molar-refractivity contribution >= 4 is 11.9 Å². The van der Waals surface area contributed by atoms with Crippen molar-refractivity contribution in [3.63, 3.8) is 0 Å². The number of urea groups is 1. The first-order valence-electron chi connectivity index (χ1n) is 7.52. The van der Waals surface area contributed by atoms with Gasteiger partial charge in [-0.15, -0.1) is 0 Å². The molecule has 0 bridgehead atoms. The third kappa shape index (κ3) is 7.78. The van der Waals surface area contributed by atoms with E-state index < -0.39 is 6.03 Å². The van der Waals surface area contributed by atoms with Gasteiger partial charge in [0.25, 0.3) is 0 Å². The summed E-state index contributed by atoms with van der Waals surface area (Å²) in [7, 11) is 1.96. The van der Waals surface area contributed by atoms with Crippen LogP contribution in [0.25, 0.3) is 0 Å². The maximum absolute atomic E-state index is 11.7. The lowest BCUT2D eigenvalue weighted by atomic mass is 10.1. The van der Waals surface area contributed by atoms with Gasteiger partial charge in [-0.2, -0.15) is 0 Å². The number of imide groups is 1. The number of hydrogen-bond acceptors (Lipinski definition) is 3. The summed E-state index contributed by atoms with van der Waals surface area (Å²) in [5.41, 5.74) is 2.08. The zero-order chi connectivity index (χ0) is 16.8. The topological polar surface area (TPSA) is 61.4 Å². The molecule has 1 rings (SSSR count). The van der Waals surface area contributed by atoms with E-state index in [-0.39, 0.29) is 11.4 Å². The Morgan fingerprint density at radius 3 is 2.27 bits per heavy atom. The predicted molar refractivity (Wildman–Crippen MR) is 88.6 cm³/mol. The molecule has 5 nitrogen and oxygen atoms in total. The van der Waals surface area contributed by atoms with E-state index in [0.29, 0.717) is 13.0 Å². The molecule has 0 aliphatic carbocycles. The fraction of sp³-hybridized carbons (Fsp3) is 0.529. The maximum atomic E-state index is 11.7. The number of aryl methyl sites for hydroxylation is 1. The Labute approximate surface area is 133 Å². The van der Waals surface area contributed by atoms with Crippen LogP contribution in [-0.4, -0.2) is 36.0 Å². The van der Waals surface area contributed by atoms with E-state index in [1.165, 1.54) is 11.1 Å². The second-order valence-electron chi connectivity index (χ2n) is 6.73. The average Bonchev–Trinajstić information content (AvgIpc) is 2.37. The molecule has 5 heteroatoms. The monoisotopic (exact) mass is 305 g/mol. The molecule has 1 aromatic rings. The summed E-state index contributed by atoms with van der Waals surface area (Å²) < 4.78 is 0. The van der Waals surface area contributed by atoms with Crippen LogP contribution in [0.15, 0.2) is 24.3 Å². The molecule has 0 radical (unpaired) electrons. The minimum atomic E-state index is -0.446. The van der Waals surface area contributed by atoms with Gasteiger partial charge >= 0.3 is 6.03 Å². The molecule has 0 atom stereocenters. The third-order valence-electron chi connectivity index (χ3n) is 3.04. The second kappa shape index (κ2) is 7.94. The van der Waals surface area contributed by atoms with Crippen LogP contribution in [0.4, 0.5) is 4.79 Å². The SMILES string of the molecule is Cc1ccc(CN(C)CCC(=O)NC(=O)NC(C)(C)C)cc1. The fourth-order valence-electron chi connectivity index (χ4n) is 1.94. The second-order valence-corrected chi connectivity index (χ2v) is 6.73. The lowest BCUT2D eigenvalue weighted by Crippen LogP contribution is -2.48. The third-order valence-corrected chi connectivity index (χ3v) is 3.04. The number of carbonyl (C=O) groups excluding carboxylic acids is 2. The van der Waals surface area contributed by atoms with Crippen molar-refractivity contribution in [3.05, 3.63) is 35.4 Å². The van der Waals surface area contributed by atoms with Crippen molar-refractivity contribution < 1.29 is 9.59 Å². The molecule has 122 valence electrons. The van der Waals surface area contributed by atoms with Crippen LogP contribution in [-0.2, 0) is 11.3 Å². The lowest BCUT2D eigenvalue weighted by Gasteiger charge is -2.21. The lowest BCUT2D eigenvalue weighted by molar-refractivity contribution is -0.120. The quantitative estimate of drug-likeness (QED) is 0.878. The Hall–Kier alpha value is -1.88. The first kappa shape index (κ1) is 18.2. The van der Waals surface area contributed by atoms with Crippen molar-refractivity contribution in [3.8, 4) is 0 Å². The summed E-state index contributed by atoms with van der Waals surface area (Å²) in [5.74, 6) is -0.266. The average molecular weight is 305 g/mol. The molecule has 0 saturated heterocycles. The number of hydrogen-bond donors (Lipinski definition) is 2. The van der Waals surface area contributed by atoms with E-state index in [2.05, 4.69) is 46.7 Å². The number of rotatable bonds is 5. The molecular formula is C17H27N3O2. The van der Waals surface area contributed by atoms with Crippen molar-refractivity contribution in [1.29, 1.82) is 0 Å². The normalized spacial score (nSPS) is 11.4. The molecule has 0 aliphatic heterocycles. The van der Waals surface area contributed by atoms with E-state index >= 15 is 0 Å². The molecule has 0 heterocycles. The van der Waals surface area contributed by atoms with Crippen LogP contribution in [0, 0.1) is 6.92 Å². The van der Waals surface area contributed by atoms with Crippen molar-refractivity contribution in [2.45, 2.75) is 46.2 Å². The smallest absolute Gasteiger partial charge is 0.321 e. The van der Waals surface area contributed by atoms with E-state index in [1.807, 2.05) is 27.8 Å². The highest BCUT2D eigenvalue weighted by Gasteiger charge is 2.15. The Bertz CT molecular complexity index is 504. The molecule has 3 amide bonds. The van der Waals surface area contributed by atoms with Gasteiger partial charge in [-0.1, -0.05) is 29.8 Å². The molecule has 0 unspecified atom stereocenters. The molecule has 0 aromatic heterocycles. The van der Waals surface area contributed by atoms with E-state index in [0.717, 1.165) is 6.54 Å². The minimum absolute atomic E-state index is 0.266. The highest BCUT2D eigenvalue weighted by atomic mass is 16.2. The highest BCUT2D eigenvalue weighted by Crippen LogP contribution is 2.06. The van der Waals surface area contributed by atoms with Gasteiger partial charge in [0, 0.05) is 25.0 Å². The van der Waals surface area contributed by atoms with Crippen LogP contribution < -0.4 is 10.6 Å². The molecule has 2 N–H and O–H groups in total. The van der Waals surface area contributed by atoms with Crippen LogP contribution in [0.3, 0.4) is 0 Å². The molecule has 1 aromatic carbocycles. The summed E-state index contributed by atoms with van der Waals surface area (Å²) >= 11 is 0. The maximum Gasteiger partial charge on any atom is 0.321 e. The van der Waals surface area contributed by atoms with Gasteiger partial charge in [0.15, 0.2) is 0 Å². The van der Waals surface area contributed by atoms with Crippen LogP contribution in [0.5, 0.6) is 0 Å². The molecule has 0 fully saturated rings. The molecule has 0 aliphatic rings. The number of amides is 3. The van der Waals surface area contributed by atoms with Gasteiger partial charge in [0.05, 0.1) is 0 Å². The van der Waals surface area contributed by atoms with E-state index in [1.54, 1.807) is 0 Å². The first-order chi connectivity index (χ1) is 10.2. The van der Waals surface area contributed by atoms with Crippen molar-refractivity contribution in [2.75, 3.05) is 13.6 Å². The van der Waals surface area contributed by atoms with Crippen molar-refractivity contribution in [2.24, 2.45) is 0 Å². The number of nitrogens with zero attached hydrogens (tertiary/aromatic N) is 1. The zero-order valence-electron chi connectivity index (χ0n) is 14.2. The molecule has 0 spiro atoms. The Kier molecular flexibility index (Phi) is 6.56. The Morgan fingerprint density at radius 1 is 1.14 bits per heavy atom. The summed E-state index contributed by atoms with van der Waals surface area (Å²) in [5, 5.41) is 5.05. The number of benzene rings is 1. The minimum Gasteiger partial charge on any atom is -0.333 e.